The van der Waals surface area contributed by atoms with E-state index in [0.717, 1.165) is 55.7 Å². The molecule has 0 saturated carbocycles. The maximum absolute atomic E-state index is 7.16. The number of anilines is 3. The fraction of sp³-hybridized carbons (Fsp3) is 0.0847. The van der Waals surface area contributed by atoms with E-state index < -0.39 is 5.41 Å². The summed E-state index contributed by atoms with van der Waals surface area (Å²) in [4.78, 5) is 2.49. The van der Waals surface area contributed by atoms with Crippen molar-refractivity contribution >= 4 is 39.0 Å². The van der Waals surface area contributed by atoms with Crippen molar-refractivity contribution < 1.29 is 4.42 Å². The maximum atomic E-state index is 7.16. The average Bonchev–Trinajstić information content (AvgIpc) is 3.91. The van der Waals surface area contributed by atoms with Gasteiger partial charge in [0, 0.05) is 33.2 Å². The predicted octanol–water partition coefficient (Wildman–Crippen LogP) is 16.0. The molecular weight excluding hydrogens is 739 g/mol. The van der Waals surface area contributed by atoms with E-state index in [1.807, 2.05) is 0 Å². The molecule has 290 valence electrons. The Morgan fingerprint density at radius 2 is 0.902 bits per heavy atom. The van der Waals surface area contributed by atoms with Crippen LogP contribution < -0.4 is 4.90 Å². The zero-order valence-corrected chi connectivity index (χ0v) is 34.5. The van der Waals surface area contributed by atoms with Gasteiger partial charge in [0.1, 0.15) is 11.2 Å². The number of rotatable bonds is 6. The first-order valence-corrected chi connectivity index (χ1v) is 21.3. The van der Waals surface area contributed by atoms with Gasteiger partial charge in [0.15, 0.2) is 0 Å². The molecule has 0 unspecified atom stereocenters. The monoisotopic (exact) mass is 781 g/mol. The zero-order valence-electron chi connectivity index (χ0n) is 34.5. The quantitative estimate of drug-likeness (QED) is 0.167. The summed E-state index contributed by atoms with van der Waals surface area (Å²) in [7, 11) is 0. The Kier molecular flexibility index (Phi) is 7.74. The molecule has 0 aliphatic heterocycles. The number of nitrogens with zero attached hydrogens (tertiary/aromatic N) is 1. The molecule has 0 radical (unpaired) electrons. The fourth-order valence-electron chi connectivity index (χ4n) is 10.7. The minimum absolute atomic E-state index is 0.173. The summed E-state index contributed by atoms with van der Waals surface area (Å²) >= 11 is 0. The molecule has 0 spiro atoms. The molecule has 9 aromatic carbocycles. The lowest BCUT2D eigenvalue weighted by atomic mass is 9.73. The van der Waals surface area contributed by atoms with Crippen molar-refractivity contribution in [3.63, 3.8) is 0 Å². The predicted molar refractivity (Wildman–Crippen MR) is 254 cm³/mol. The molecule has 0 N–H and O–H groups in total. The SMILES string of the molecule is CC1(C)c2ccccc2-c2ccc(N(c3cc(-c4ccccc4)cc(-c4ccccc4)c3)c3ccc(C4(C)c5ccccc5-c5ccccc54)c4oc5ccccc5c34)cc21. The lowest BCUT2D eigenvalue weighted by Crippen LogP contribution is -2.23. The van der Waals surface area contributed by atoms with Crippen molar-refractivity contribution in [2.24, 2.45) is 0 Å². The van der Waals surface area contributed by atoms with Crippen molar-refractivity contribution in [3.8, 4) is 44.5 Å². The van der Waals surface area contributed by atoms with Gasteiger partial charge in [-0.1, -0.05) is 178 Å². The van der Waals surface area contributed by atoms with Gasteiger partial charge in [0.25, 0.3) is 0 Å². The number of furan rings is 1. The number of para-hydroxylation sites is 1. The normalized spacial score (nSPS) is 14.1. The van der Waals surface area contributed by atoms with Gasteiger partial charge < -0.3 is 9.32 Å². The van der Waals surface area contributed by atoms with E-state index in [1.165, 1.54) is 55.6 Å². The minimum atomic E-state index is -0.445. The number of benzene rings is 9. The maximum Gasteiger partial charge on any atom is 0.141 e. The standard InChI is InChI=1S/C59H43NO/c1-58(2)49-26-14-10-22-44(49)47-31-30-42(37-53(47)58)60(43-35-40(38-18-6-4-7-19-38)34-41(36-43)39-20-8-5-9-21-39)54-33-32-52(57-56(54)48-25-13-17-29-55(48)61-57)59(3)50-27-15-11-23-45(50)46-24-12-16-28-51(46)59/h4-37H,1-3H3. The first-order chi connectivity index (χ1) is 29.9. The van der Waals surface area contributed by atoms with Crippen molar-refractivity contribution in [1.82, 2.24) is 0 Å². The van der Waals surface area contributed by atoms with Crippen molar-refractivity contribution in [3.05, 3.63) is 234 Å². The Hall–Kier alpha value is -7.42. The van der Waals surface area contributed by atoms with Crippen LogP contribution in [0.15, 0.2) is 211 Å². The van der Waals surface area contributed by atoms with Crippen molar-refractivity contribution in [2.45, 2.75) is 31.6 Å². The van der Waals surface area contributed by atoms with Gasteiger partial charge in [-0.3, -0.25) is 0 Å². The molecule has 0 atom stereocenters. The van der Waals surface area contributed by atoms with Crippen LogP contribution in [0.25, 0.3) is 66.4 Å². The van der Waals surface area contributed by atoms with Crippen molar-refractivity contribution in [2.75, 3.05) is 4.90 Å². The minimum Gasteiger partial charge on any atom is -0.456 e. The third-order valence-electron chi connectivity index (χ3n) is 13.7. The summed E-state index contributed by atoms with van der Waals surface area (Å²) in [5, 5.41) is 2.20. The van der Waals surface area contributed by atoms with Gasteiger partial charge >= 0.3 is 0 Å². The van der Waals surface area contributed by atoms with Gasteiger partial charge in [-0.2, -0.15) is 0 Å². The Labute approximate surface area is 357 Å². The van der Waals surface area contributed by atoms with E-state index in [0.29, 0.717) is 0 Å². The summed E-state index contributed by atoms with van der Waals surface area (Å²) in [6.45, 7) is 7.11. The first kappa shape index (κ1) is 35.5. The average molecular weight is 782 g/mol. The van der Waals surface area contributed by atoms with Crippen molar-refractivity contribution in [1.29, 1.82) is 0 Å². The highest BCUT2D eigenvalue weighted by Crippen LogP contribution is 2.57. The van der Waals surface area contributed by atoms with Crippen LogP contribution in [0.5, 0.6) is 0 Å². The second kappa shape index (κ2) is 13.3. The van der Waals surface area contributed by atoms with Crippen LogP contribution in [0.3, 0.4) is 0 Å². The molecule has 0 fully saturated rings. The third-order valence-corrected chi connectivity index (χ3v) is 13.7. The summed E-state index contributed by atoms with van der Waals surface area (Å²) in [5.74, 6) is 0. The highest BCUT2D eigenvalue weighted by molar-refractivity contribution is 6.15. The van der Waals surface area contributed by atoms with Crippen LogP contribution in [-0.4, -0.2) is 0 Å². The van der Waals surface area contributed by atoms with E-state index in [-0.39, 0.29) is 5.41 Å². The molecule has 2 heteroatoms. The van der Waals surface area contributed by atoms with Crippen LogP contribution in [0.4, 0.5) is 17.1 Å². The van der Waals surface area contributed by atoms with Gasteiger partial charge in [-0.15, -0.1) is 0 Å². The van der Waals surface area contributed by atoms with Gasteiger partial charge in [-0.05, 0) is 116 Å². The molecule has 0 saturated heterocycles. The molecule has 2 nitrogen and oxygen atoms in total. The van der Waals surface area contributed by atoms with Crippen LogP contribution in [0, 0.1) is 0 Å². The van der Waals surface area contributed by atoms with Gasteiger partial charge in [0.2, 0.25) is 0 Å². The van der Waals surface area contributed by atoms with E-state index in [1.54, 1.807) is 0 Å². The van der Waals surface area contributed by atoms with E-state index >= 15 is 0 Å². The molecule has 2 aliphatic rings. The molecule has 1 heterocycles. The van der Waals surface area contributed by atoms with E-state index in [9.17, 15) is 0 Å². The van der Waals surface area contributed by atoms with Crippen LogP contribution in [0.1, 0.15) is 48.6 Å². The molecule has 1 aromatic heterocycles. The lowest BCUT2D eigenvalue weighted by Gasteiger charge is -2.32. The third kappa shape index (κ3) is 5.22. The summed E-state index contributed by atoms with van der Waals surface area (Å²) in [5.41, 5.74) is 20.7. The highest BCUT2D eigenvalue weighted by atomic mass is 16.3. The molecule has 2 aliphatic carbocycles. The fourth-order valence-corrected chi connectivity index (χ4v) is 10.7. The molecule has 61 heavy (non-hydrogen) atoms. The Morgan fingerprint density at radius 3 is 1.54 bits per heavy atom. The lowest BCUT2D eigenvalue weighted by molar-refractivity contribution is 0.638. The number of hydrogen-bond donors (Lipinski definition) is 0. The topological polar surface area (TPSA) is 16.4 Å². The smallest absolute Gasteiger partial charge is 0.141 e. The summed E-state index contributed by atoms with van der Waals surface area (Å²) in [6.07, 6.45) is 0. The highest BCUT2D eigenvalue weighted by Gasteiger charge is 2.43. The second-order valence-electron chi connectivity index (χ2n) is 17.4. The summed E-state index contributed by atoms with van der Waals surface area (Å²) < 4.78 is 7.16. The zero-order chi connectivity index (χ0) is 40.9. The number of hydrogen-bond acceptors (Lipinski definition) is 2. The Balaban J connectivity index is 1.17. The molecule has 0 bridgehead atoms. The largest absolute Gasteiger partial charge is 0.456 e. The molecule has 0 amide bonds. The van der Waals surface area contributed by atoms with Crippen LogP contribution in [-0.2, 0) is 10.8 Å². The number of fused-ring (bicyclic) bond motifs is 9. The molecule has 12 rings (SSSR count). The van der Waals surface area contributed by atoms with Gasteiger partial charge in [-0.25, -0.2) is 0 Å². The second-order valence-corrected chi connectivity index (χ2v) is 17.4. The first-order valence-electron chi connectivity index (χ1n) is 21.3. The van der Waals surface area contributed by atoms with E-state index in [4.69, 9.17) is 4.42 Å². The molecular formula is C59H43NO. The van der Waals surface area contributed by atoms with Crippen LogP contribution in [0.2, 0.25) is 0 Å². The molecule has 10 aromatic rings. The van der Waals surface area contributed by atoms with Crippen LogP contribution >= 0.6 is 0 Å². The Bertz CT molecular complexity index is 3250. The van der Waals surface area contributed by atoms with Gasteiger partial charge in [0.05, 0.1) is 11.1 Å². The summed E-state index contributed by atoms with van der Waals surface area (Å²) in [6, 6.07) is 75.6. The Morgan fingerprint density at radius 1 is 0.377 bits per heavy atom. The van der Waals surface area contributed by atoms with E-state index in [2.05, 4.69) is 232 Å².